The van der Waals surface area contributed by atoms with E-state index in [2.05, 4.69) is 13.3 Å². The molecule has 2 saturated carbocycles. The lowest BCUT2D eigenvalue weighted by Crippen LogP contribution is -2.06. The van der Waals surface area contributed by atoms with Gasteiger partial charge in [0.05, 0.1) is 0 Å². The van der Waals surface area contributed by atoms with Gasteiger partial charge in [-0.05, 0) is 43.4 Å². The van der Waals surface area contributed by atoms with Gasteiger partial charge in [0, 0.05) is 0 Å². The lowest BCUT2D eigenvalue weighted by molar-refractivity contribution is 0.355. The summed E-state index contributed by atoms with van der Waals surface area (Å²) in [7, 11) is 0. The zero-order valence-corrected chi connectivity index (χ0v) is 5.48. The van der Waals surface area contributed by atoms with Crippen molar-refractivity contribution < 1.29 is 0 Å². The largest absolute Gasteiger partial charge is 0.0596 e. The van der Waals surface area contributed by atoms with E-state index in [4.69, 9.17) is 0 Å². The molecule has 2 rings (SSSR count). The van der Waals surface area contributed by atoms with Gasteiger partial charge in [0.2, 0.25) is 0 Å². The number of rotatable bonds is 0. The molecular weight excluding hydrogens is 96.1 g/mol. The Hall–Kier alpha value is 0. The molecule has 0 amide bonds. The van der Waals surface area contributed by atoms with Crippen LogP contribution in [0.25, 0.3) is 0 Å². The summed E-state index contributed by atoms with van der Waals surface area (Å²) < 4.78 is 0. The Balaban J connectivity index is 2.19. The summed E-state index contributed by atoms with van der Waals surface area (Å²) in [6.07, 6.45) is 8.39. The molecule has 2 unspecified atom stereocenters. The van der Waals surface area contributed by atoms with E-state index in [1.54, 1.807) is 0 Å². The lowest BCUT2D eigenvalue weighted by atomic mass is 9.87. The van der Waals surface area contributed by atoms with Gasteiger partial charge >= 0.3 is 0 Å². The van der Waals surface area contributed by atoms with Crippen LogP contribution in [0.15, 0.2) is 0 Å². The van der Waals surface area contributed by atoms with Crippen molar-refractivity contribution in [2.45, 2.75) is 32.6 Å². The molecule has 2 aliphatic carbocycles. The molecule has 2 bridgehead atoms. The van der Waals surface area contributed by atoms with Crippen molar-refractivity contribution in [2.24, 2.45) is 11.3 Å². The van der Waals surface area contributed by atoms with Gasteiger partial charge in [-0.15, -0.1) is 0 Å². The Morgan fingerprint density at radius 1 is 1.62 bits per heavy atom. The van der Waals surface area contributed by atoms with Crippen LogP contribution < -0.4 is 0 Å². The molecule has 0 spiro atoms. The van der Waals surface area contributed by atoms with E-state index in [0.717, 1.165) is 11.3 Å². The van der Waals surface area contributed by atoms with Gasteiger partial charge in [-0.3, -0.25) is 0 Å². The minimum atomic E-state index is 0.755. The fourth-order valence-corrected chi connectivity index (χ4v) is 2.21. The predicted molar refractivity (Wildman–Crippen MR) is 34.4 cm³/mol. The average molecular weight is 109 g/mol. The lowest BCUT2D eigenvalue weighted by Gasteiger charge is -2.18. The number of hydrogen-bond donors (Lipinski definition) is 0. The van der Waals surface area contributed by atoms with Crippen molar-refractivity contribution in [3.8, 4) is 0 Å². The SMILES string of the molecule is CC12C[CH]C(CC1)C2. The quantitative estimate of drug-likeness (QED) is 0.448. The molecule has 45 valence electrons. The number of hydrogen-bond acceptors (Lipinski definition) is 0. The van der Waals surface area contributed by atoms with Crippen LogP contribution in [0.1, 0.15) is 32.6 Å². The fraction of sp³-hybridized carbons (Fsp3) is 0.875. The Labute approximate surface area is 51.3 Å². The van der Waals surface area contributed by atoms with E-state index in [9.17, 15) is 0 Å². The molecule has 0 heteroatoms. The third-order valence-electron chi connectivity index (χ3n) is 2.82. The monoisotopic (exact) mass is 109 g/mol. The fourth-order valence-electron chi connectivity index (χ4n) is 2.21. The third-order valence-corrected chi connectivity index (χ3v) is 2.82. The smallest absolute Gasteiger partial charge is 0.0320 e. The first kappa shape index (κ1) is 4.84. The van der Waals surface area contributed by atoms with Crippen molar-refractivity contribution in [3.63, 3.8) is 0 Å². The molecule has 0 aromatic heterocycles. The summed E-state index contributed by atoms with van der Waals surface area (Å²) in [5.41, 5.74) is 0.755. The van der Waals surface area contributed by atoms with Gasteiger partial charge in [-0.1, -0.05) is 6.92 Å². The maximum absolute atomic E-state index is 2.52. The Morgan fingerprint density at radius 3 is 2.62 bits per heavy atom. The van der Waals surface area contributed by atoms with Gasteiger partial charge in [-0.25, -0.2) is 0 Å². The molecule has 8 heavy (non-hydrogen) atoms. The van der Waals surface area contributed by atoms with Gasteiger partial charge in [-0.2, -0.15) is 0 Å². The molecule has 2 aliphatic rings. The van der Waals surface area contributed by atoms with Crippen LogP contribution in [0.3, 0.4) is 0 Å². The first-order chi connectivity index (χ1) is 3.79. The first-order valence-electron chi connectivity index (χ1n) is 3.62. The normalized spacial score (nSPS) is 52.9. The summed E-state index contributed by atoms with van der Waals surface area (Å²) in [4.78, 5) is 0. The third kappa shape index (κ3) is 0.519. The van der Waals surface area contributed by atoms with Crippen LogP contribution in [0, 0.1) is 17.8 Å². The highest BCUT2D eigenvalue weighted by atomic mass is 14.5. The molecule has 0 aliphatic heterocycles. The maximum Gasteiger partial charge on any atom is -0.0320 e. The van der Waals surface area contributed by atoms with Crippen LogP contribution in [-0.2, 0) is 0 Å². The van der Waals surface area contributed by atoms with E-state index in [1.807, 2.05) is 0 Å². The highest BCUT2D eigenvalue weighted by Crippen LogP contribution is 2.52. The van der Waals surface area contributed by atoms with Crippen LogP contribution in [0.2, 0.25) is 0 Å². The van der Waals surface area contributed by atoms with Gasteiger partial charge in [0.25, 0.3) is 0 Å². The minimum Gasteiger partial charge on any atom is -0.0596 e. The highest BCUT2D eigenvalue weighted by molar-refractivity contribution is 5.02. The predicted octanol–water partition coefficient (Wildman–Crippen LogP) is 2.40. The Kier molecular flexibility index (Phi) is 0.778. The minimum absolute atomic E-state index is 0.755. The summed E-state index contributed by atoms with van der Waals surface area (Å²) >= 11 is 0. The second kappa shape index (κ2) is 1.29. The van der Waals surface area contributed by atoms with Crippen molar-refractivity contribution in [3.05, 3.63) is 6.42 Å². The molecule has 0 nitrogen and oxygen atoms in total. The molecule has 0 aromatic rings. The average Bonchev–Trinajstić information content (AvgIpc) is 2.21. The molecule has 2 atom stereocenters. The van der Waals surface area contributed by atoms with E-state index in [-0.39, 0.29) is 0 Å². The topological polar surface area (TPSA) is 0 Å². The zero-order chi connectivity index (χ0) is 5.61. The van der Waals surface area contributed by atoms with Gasteiger partial charge in [0.1, 0.15) is 0 Å². The van der Waals surface area contributed by atoms with E-state index in [1.165, 1.54) is 25.7 Å². The molecular formula is C8H13. The second-order valence-corrected chi connectivity index (χ2v) is 3.75. The summed E-state index contributed by atoms with van der Waals surface area (Å²) in [5.74, 6) is 1.01. The van der Waals surface area contributed by atoms with E-state index in [0.29, 0.717) is 0 Å². The van der Waals surface area contributed by atoms with Crippen molar-refractivity contribution in [1.82, 2.24) is 0 Å². The van der Waals surface area contributed by atoms with Gasteiger partial charge < -0.3 is 0 Å². The first-order valence-corrected chi connectivity index (χ1v) is 3.62. The summed E-state index contributed by atoms with van der Waals surface area (Å²) in [5, 5.41) is 0. The molecule has 2 fully saturated rings. The highest BCUT2D eigenvalue weighted by Gasteiger charge is 2.40. The van der Waals surface area contributed by atoms with Crippen LogP contribution in [0.5, 0.6) is 0 Å². The maximum atomic E-state index is 2.52. The molecule has 0 heterocycles. The van der Waals surface area contributed by atoms with Crippen molar-refractivity contribution in [2.75, 3.05) is 0 Å². The summed E-state index contributed by atoms with van der Waals surface area (Å²) in [6.45, 7) is 2.43. The van der Waals surface area contributed by atoms with Crippen LogP contribution in [0.4, 0.5) is 0 Å². The van der Waals surface area contributed by atoms with E-state index < -0.39 is 0 Å². The second-order valence-electron chi connectivity index (χ2n) is 3.75. The molecule has 0 aromatic carbocycles. The standard InChI is InChI=1S/C8H13/c1-8-4-2-7(6-8)3-5-8/h2,7H,3-6H2,1H3. The van der Waals surface area contributed by atoms with Gasteiger partial charge in [0.15, 0.2) is 0 Å². The number of fused-ring (bicyclic) bond motifs is 2. The van der Waals surface area contributed by atoms with Crippen molar-refractivity contribution in [1.29, 1.82) is 0 Å². The zero-order valence-electron chi connectivity index (χ0n) is 5.48. The van der Waals surface area contributed by atoms with Crippen LogP contribution >= 0.6 is 0 Å². The molecule has 1 radical (unpaired) electrons. The summed E-state index contributed by atoms with van der Waals surface area (Å²) in [6, 6.07) is 0. The van der Waals surface area contributed by atoms with E-state index >= 15 is 0 Å². The molecule has 0 N–H and O–H groups in total. The Bertz CT molecular complexity index is 96.6. The van der Waals surface area contributed by atoms with Crippen molar-refractivity contribution >= 4 is 0 Å². The molecule has 0 saturated heterocycles. The van der Waals surface area contributed by atoms with Crippen LogP contribution in [-0.4, -0.2) is 0 Å². The Morgan fingerprint density at radius 2 is 2.50 bits per heavy atom.